The summed E-state index contributed by atoms with van der Waals surface area (Å²) in [7, 11) is -3.64. The number of hydrogen-bond donors (Lipinski definition) is 0. The third kappa shape index (κ3) is 4.37. The van der Waals surface area contributed by atoms with Gasteiger partial charge in [-0.15, -0.1) is 0 Å². The predicted octanol–water partition coefficient (Wildman–Crippen LogP) is 3.58. The Morgan fingerprint density at radius 2 is 1.43 bits per heavy atom. The van der Waals surface area contributed by atoms with Gasteiger partial charge in [-0.05, 0) is 68.6 Å². The normalized spacial score (nSPS) is 22.6. The molecule has 0 aliphatic carbocycles. The van der Waals surface area contributed by atoms with Crippen molar-refractivity contribution in [3.05, 3.63) is 23.8 Å². The summed E-state index contributed by atoms with van der Waals surface area (Å²) in [5.74, 6) is 1.18. The molecule has 6 nitrogen and oxygen atoms in total. The minimum absolute atomic E-state index is 0.0463. The molecule has 3 aliphatic heterocycles. The third-order valence-electron chi connectivity index (χ3n) is 7.08. The number of amides is 1. The lowest BCUT2D eigenvalue weighted by Gasteiger charge is -2.35. The Kier molecular flexibility index (Phi) is 6.39. The monoisotopic (exact) mass is 433 g/mol. The van der Waals surface area contributed by atoms with Crippen LogP contribution in [0.2, 0.25) is 0 Å². The topological polar surface area (TPSA) is 60.9 Å². The Morgan fingerprint density at radius 3 is 2.03 bits per heavy atom. The standard InChI is InChI=1S/C23H35N3O3S/c1-18-7-13-24(14-8-18)21-6-5-20(23(27)25-11-3-4-12-25)17-22(21)30(28,29)26-15-9-19(2)10-16-26/h5-6,17-19H,3-4,7-16H2,1-2H3. The number of anilines is 1. The maximum Gasteiger partial charge on any atom is 0.253 e. The third-order valence-corrected chi connectivity index (χ3v) is 9.01. The average Bonchev–Trinajstić information content (AvgIpc) is 3.29. The van der Waals surface area contributed by atoms with Crippen LogP contribution in [0.25, 0.3) is 0 Å². The number of nitrogens with zero attached hydrogens (tertiary/aromatic N) is 3. The van der Waals surface area contributed by atoms with Gasteiger partial charge in [-0.2, -0.15) is 4.31 Å². The Labute approximate surface area is 181 Å². The molecule has 0 atom stereocenters. The highest BCUT2D eigenvalue weighted by atomic mass is 32.2. The Morgan fingerprint density at radius 1 is 0.867 bits per heavy atom. The van der Waals surface area contributed by atoms with E-state index in [1.807, 2.05) is 17.0 Å². The molecule has 1 aromatic carbocycles. The van der Waals surface area contributed by atoms with E-state index < -0.39 is 10.0 Å². The first-order valence-electron chi connectivity index (χ1n) is 11.5. The molecule has 3 fully saturated rings. The highest BCUT2D eigenvalue weighted by Crippen LogP contribution is 2.34. The van der Waals surface area contributed by atoms with E-state index in [-0.39, 0.29) is 5.91 Å². The fraction of sp³-hybridized carbons (Fsp3) is 0.696. The molecule has 1 aromatic rings. The van der Waals surface area contributed by atoms with Crippen LogP contribution in [0.5, 0.6) is 0 Å². The van der Waals surface area contributed by atoms with Crippen LogP contribution in [0.4, 0.5) is 5.69 Å². The van der Waals surface area contributed by atoms with Crippen LogP contribution in [0.3, 0.4) is 0 Å². The van der Waals surface area contributed by atoms with Gasteiger partial charge in [0.05, 0.1) is 5.69 Å². The van der Waals surface area contributed by atoms with Gasteiger partial charge in [-0.3, -0.25) is 4.79 Å². The van der Waals surface area contributed by atoms with Gasteiger partial charge in [0, 0.05) is 44.8 Å². The molecule has 0 bridgehead atoms. The Balaban J connectivity index is 1.70. The highest BCUT2D eigenvalue weighted by Gasteiger charge is 2.33. The number of rotatable bonds is 4. The van der Waals surface area contributed by atoms with Crippen LogP contribution < -0.4 is 4.90 Å². The molecule has 0 spiro atoms. The maximum absolute atomic E-state index is 13.7. The van der Waals surface area contributed by atoms with E-state index in [0.29, 0.717) is 35.4 Å². The van der Waals surface area contributed by atoms with E-state index >= 15 is 0 Å². The van der Waals surface area contributed by atoms with E-state index in [4.69, 9.17) is 0 Å². The first kappa shape index (κ1) is 21.6. The van der Waals surface area contributed by atoms with E-state index in [2.05, 4.69) is 18.7 Å². The molecule has 0 unspecified atom stereocenters. The molecule has 1 amide bonds. The lowest BCUT2D eigenvalue weighted by Crippen LogP contribution is -2.40. The zero-order valence-electron chi connectivity index (χ0n) is 18.3. The molecule has 3 aliphatic rings. The van der Waals surface area contributed by atoms with Crippen LogP contribution in [0.1, 0.15) is 62.7 Å². The minimum atomic E-state index is -3.64. The summed E-state index contributed by atoms with van der Waals surface area (Å²) in [5, 5.41) is 0. The van der Waals surface area contributed by atoms with Crippen molar-refractivity contribution in [1.82, 2.24) is 9.21 Å². The molecular weight excluding hydrogens is 398 g/mol. The van der Waals surface area contributed by atoms with Crippen LogP contribution in [0.15, 0.2) is 23.1 Å². The molecule has 3 saturated heterocycles. The van der Waals surface area contributed by atoms with Gasteiger partial charge in [-0.25, -0.2) is 8.42 Å². The van der Waals surface area contributed by atoms with Crippen LogP contribution >= 0.6 is 0 Å². The van der Waals surface area contributed by atoms with E-state index in [9.17, 15) is 13.2 Å². The average molecular weight is 434 g/mol. The van der Waals surface area contributed by atoms with Crippen molar-refractivity contribution in [1.29, 1.82) is 0 Å². The van der Waals surface area contributed by atoms with Crippen molar-refractivity contribution >= 4 is 21.6 Å². The molecule has 3 heterocycles. The number of likely N-dealkylation sites (tertiary alicyclic amines) is 1. The molecule has 166 valence electrons. The molecule has 0 saturated carbocycles. The van der Waals surface area contributed by atoms with Crippen LogP contribution in [-0.4, -0.2) is 62.8 Å². The second-order valence-corrected chi connectivity index (χ2v) is 11.3. The quantitative estimate of drug-likeness (QED) is 0.728. The molecule has 0 radical (unpaired) electrons. The van der Waals surface area contributed by atoms with Crippen molar-refractivity contribution in [3.63, 3.8) is 0 Å². The Bertz CT molecular complexity index is 864. The summed E-state index contributed by atoms with van der Waals surface area (Å²) < 4.78 is 29.0. The van der Waals surface area contributed by atoms with Gasteiger partial charge in [0.1, 0.15) is 4.90 Å². The Hall–Kier alpha value is -1.60. The van der Waals surface area contributed by atoms with Gasteiger partial charge in [0.25, 0.3) is 5.91 Å². The van der Waals surface area contributed by atoms with Crippen molar-refractivity contribution < 1.29 is 13.2 Å². The number of carbonyl (C=O) groups is 1. The lowest BCUT2D eigenvalue weighted by molar-refractivity contribution is 0.0792. The number of benzene rings is 1. The van der Waals surface area contributed by atoms with E-state index in [1.165, 1.54) is 0 Å². The van der Waals surface area contributed by atoms with E-state index in [1.54, 1.807) is 10.4 Å². The largest absolute Gasteiger partial charge is 0.370 e. The number of carbonyl (C=O) groups excluding carboxylic acids is 1. The number of piperidine rings is 2. The fourth-order valence-electron chi connectivity index (χ4n) is 4.83. The smallest absolute Gasteiger partial charge is 0.253 e. The zero-order valence-corrected chi connectivity index (χ0v) is 19.2. The summed E-state index contributed by atoms with van der Waals surface area (Å²) in [5.41, 5.74) is 1.26. The van der Waals surface area contributed by atoms with Crippen molar-refractivity contribution in [2.24, 2.45) is 11.8 Å². The lowest BCUT2D eigenvalue weighted by atomic mass is 9.98. The zero-order chi connectivity index (χ0) is 21.3. The van der Waals surface area contributed by atoms with Crippen LogP contribution in [-0.2, 0) is 10.0 Å². The SMILES string of the molecule is CC1CCN(c2ccc(C(=O)N3CCCC3)cc2S(=O)(=O)N2CCC(C)CC2)CC1. The number of sulfonamides is 1. The maximum atomic E-state index is 13.7. The summed E-state index contributed by atoms with van der Waals surface area (Å²) in [6, 6.07) is 5.35. The van der Waals surface area contributed by atoms with Crippen LogP contribution in [0, 0.1) is 11.8 Å². The molecule has 0 N–H and O–H groups in total. The van der Waals surface area contributed by atoms with Gasteiger partial charge in [-0.1, -0.05) is 13.8 Å². The summed E-state index contributed by atoms with van der Waals surface area (Å²) in [6.45, 7) is 8.80. The predicted molar refractivity (Wildman–Crippen MR) is 119 cm³/mol. The first-order chi connectivity index (χ1) is 14.4. The van der Waals surface area contributed by atoms with Gasteiger partial charge < -0.3 is 9.80 Å². The second-order valence-electron chi connectivity index (χ2n) is 9.44. The van der Waals surface area contributed by atoms with Crippen molar-refractivity contribution in [2.75, 3.05) is 44.2 Å². The van der Waals surface area contributed by atoms with Crippen molar-refractivity contribution in [2.45, 2.75) is 57.3 Å². The summed E-state index contributed by atoms with van der Waals surface area (Å²) in [4.78, 5) is 17.3. The summed E-state index contributed by atoms with van der Waals surface area (Å²) in [6.07, 6.45) is 5.95. The molecule has 7 heteroatoms. The summed E-state index contributed by atoms with van der Waals surface area (Å²) >= 11 is 0. The van der Waals surface area contributed by atoms with Crippen molar-refractivity contribution in [3.8, 4) is 0 Å². The molecule has 0 aromatic heterocycles. The molecule has 4 rings (SSSR count). The van der Waals surface area contributed by atoms with Gasteiger partial charge >= 0.3 is 0 Å². The molecule has 30 heavy (non-hydrogen) atoms. The van der Waals surface area contributed by atoms with E-state index in [0.717, 1.165) is 70.4 Å². The number of hydrogen-bond acceptors (Lipinski definition) is 4. The van der Waals surface area contributed by atoms with Gasteiger partial charge in [0.2, 0.25) is 10.0 Å². The highest BCUT2D eigenvalue weighted by molar-refractivity contribution is 7.89. The fourth-order valence-corrected chi connectivity index (χ4v) is 6.54. The minimum Gasteiger partial charge on any atom is -0.370 e. The first-order valence-corrected chi connectivity index (χ1v) is 13.0. The second kappa shape index (κ2) is 8.87. The molecular formula is C23H35N3O3S. The van der Waals surface area contributed by atoms with Gasteiger partial charge in [0.15, 0.2) is 0 Å².